The van der Waals surface area contributed by atoms with E-state index in [4.69, 9.17) is 5.73 Å². The fraction of sp³-hybridized carbons (Fsp3) is 0.385. The molecule has 2 amide bonds. The largest absolute Gasteiger partial charge is 0.398 e. The van der Waals surface area contributed by atoms with E-state index in [0.29, 0.717) is 12.6 Å². The minimum atomic E-state index is -1.17. The molecule has 0 radical (unpaired) electrons. The highest BCUT2D eigenvalue weighted by molar-refractivity contribution is 6.01. The molecule has 0 fully saturated rings. The van der Waals surface area contributed by atoms with Crippen LogP contribution in [0.1, 0.15) is 24.2 Å². The van der Waals surface area contributed by atoms with Crippen molar-refractivity contribution in [3.05, 3.63) is 29.3 Å². The molecule has 110 valence electrons. The number of benzene rings is 1. The number of nitrogens with one attached hydrogen (secondary N) is 1. The van der Waals surface area contributed by atoms with E-state index in [1.54, 1.807) is 14.0 Å². The summed E-state index contributed by atoms with van der Waals surface area (Å²) in [6.07, 6.45) is 0. The zero-order valence-electron chi connectivity index (χ0n) is 11.5. The summed E-state index contributed by atoms with van der Waals surface area (Å²) in [5, 5.41) is 2.40. The van der Waals surface area contributed by atoms with Gasteiger partial charge < -0.3 is 16.0 Å². The smallest absolute Gasteiger partial charge is 0.254 e. The molecule has 3 N–H and O–H groups in total. The van der Waals surface area contributed by atoms with Crippen LogP contribution < -0.4 is 11.1 Å². The number of carbonyl (C=O) groups excluding carboxylic acids is 2. The molecule has 1 unspecified atom stereocenters. The Morgan fingerprint density at radius 3 is 2.45 bits per heavy atom. The van der Waals surface area contributed by atoms with Crippen LogP contribution in [0.25, 0.3) is 0 Å². The van der Waals surface area contributed by atoms with E-state index in [1.807, 2.05) is 0 Å². The molecule has 1 atom stereocenters. The second-order valence-corrected chi connectivity index (χ2v) is 4.40. The van der Waals surface area contributed by atoms with Crippen LogP contribution >= 0.6 is 0 Å². The lowest BCUT2D eigenvalue weighted by molar-refractivity contribution is -0.131. The normalized spacial score (nSPS) is 11.8. The first-order valence-electron chi connectivity index (χ1n) is 6.08. The Labute approximate surface area is 115 Å². The van der Waals surface area contributed by atoms with E-state index >= 15 is 0 Å². The van der Waals surface area contributed by atoms with Gasteiger partial charge in [0.05, 0.1) is 5.56 Å². The van der Waals surface area contributed by atoms with Crippen LogP contribution in [-0.4, -0.2) is 36.3 Å². The topological polar surface area (TPSA) is 75.4 Å². The zero-order chi connectivity index (χ0) is 15.4. The van der Waals surface area contributed by atoms with E-state index in [2.05, 4.69) is 5.32 Å². The van der Waals surface area contributed by atoms with Gasteiger partial charge in [-0.3, -0.25) is 9.59 Å². The van der Waals surface area contributed by atoms with Gasteiger partial charge in [-0.15, -0.1) is 0 Å². The summed E-state index contributed by atoms with van der Waals surface area (Å²) in [6, 6.07) is 0.648. The maximum atomic E-state index is 13.1. The predicted molar refractivity (Wildman–Crippen MR) is 71.0 cm³/mol. The molecular formula is C13H17F2N3O2. The van der Waals surface area contributed by atoms with Crippen LogP contribution in [0.5, 0.6) is 0 Å². The van der Waals surface area contributed by atoms with Gasteiger partial charge >= 0.3 is 0 Å². The second kappa shape index (κ2) is 6.31. The molecule has 0 spiro atoms. The molecule has 0 aliphatic carbocycles. The maximum Gasteiger partial charge on any atom is 0.254 e. The summed E-state index contributed by atoms with van der Waals surface area (Å²) in [6.45, 7) is 3.79. The molecule has 5 nitrogen and oxygen atoms in total. The Bertz CT molecular complexity index is 535. The molecule has 0 saturated carbocycles. The van der Waals surface area contributed by atoms with Gasteiger partial charge in [-0.25, -0.2) is 8.78 Å². The number of amides is 2. The van der Waals surface area contributed by atoms with Crippen molar-refractivity contribution in [2.45, 2.75) is 19.9 Å². The molecule has 0 bridgehead atoms. The van der Waals surface area contributed by atoms with Crippen molar-refractivity contribution in [2.24, 2.45) is 0 Å². The third kappa shape index (κ3) is 3.43. The molecular weight excluding hydrogens is 268 g/mol. The number of nitrogens with two attached hydrogens (primary N) is 1. The van der Waals surface area contributed by atoms with Gasteiger partial charge in [0.25, 0.3) is 5.91 Å². The molecule has 20 heavy (non-hydrogen) atoms. The number of hydrogen-bond acceptors (Lipinski definition) is 3. The Hall–Kier alpha value is -2.18. The van der Waals surface area contributed by atoms with Crippen molar-refractivity contribution >= 4 is 17.5 Å². The fourth-order valence-electron chi connectivity index (χ4n) is 1.58. The summed E-state index contributed by atoms with van der Waals surface area (Å²) in [4.78, 5) is 25.1. The van der Waals surface area contributed by atoms with Crippen LogP contribution in [0.3, 0.4) is 0 Å². The molecule has 1 aromatic carbocycles. The van der Waals surface area contributed by atoms with Crippen LogP contribution in [0.15, 0.2) is 12.1 Å². The molecule has 7 heteroatoms. The molecule has 0 saturated heterocycles. The van der Waals surface area contributed by atoms with Crippen molar-refractivity contribution in [2.75, 3.05) is 19.3 Å². The first-order valence-corrected chi connectivity index (χ1v) is 6.08. The summed E-state index contributed by atoms with van der Waals surface area (Å²) >= 11 is 0. The van der Waals surface area contributed by atoms with Gasteiger partial charge in [-0.05, 0) is 19.9 Å². The number of nitrogen functional groups attached to an aromatic ring is 1. The molecule has 1 aromatic rings. The van der Waals surface area contributed by atoms with Crippen molar-refractivity contribution in [3.63, 3.8) is 0 Å². The van der Waals surface area contributed by atoms with Crippen molar-refractivity contribution in [1.82, 2.24) is 10.2 Å². The van der Waals surface area contributed by atoms with Gasteiger partial charge in [0.2, 0.25) is 5.91 Å². The summed E-state index contributed by atoms with van der Waals surface area (Å²) in [5.41, 5.74) is 5.07. The highest BCUT2D eigenvalue weighted by Gasteiger charge is 2.21. The number of halogens is 2. The monoisotopic (exact) mass is 285 g/mol. The quantitative estimate of drug-likeness (QED) is 0.815. The van der Waals surface area contributed by atoms with Gasteiger partial charge in [0, 0.05) is 25.3 Å². The van der Waals surface area contributed by atoms with Gasteiger partial charge in [0.1, 0.15) is 6.04 Å². The lowest BCUT2D eigenvalue weighted by Gasteiger charge is -2.20. The fourth-order valence-corrected chi connectivity index (χ4v) is 1.58. The number of hydrogen-bond donors (Lipinski definition) is 2. The minimum Gasteiger partial charge on any atom is -0.398 e. The van der Waals surface area contributed by atoms with E-state index in [1.165, 1.54) is 11.8 Å². The zero-order valence-corrected chi connectivity index (χ0v) is 11.5. The number of rotatable bonds is 4. The average Bonchev–Trinajstić information content (AvgIpc) is 2.40. The molecule has 1 rings (SSSR count). The third-order valence-electron chi connectivity index (χ3n) is 2.91. The SMILES string of the molecule is CCN(C)C(=O)C(C)NC(=O)c1cc(F)c(F)cc1N. The van der Waals surface area contributed by atoms with E-state index in [9.17, 15) is 18.4 Å². The second-order valence-electron chi connectivity index (χ2n) is 4.40. The number of likely N-dealkylation sites (N-methyl/N-ethyl adjacent to an activating group) is 1. The highest BCUT2D eigenvalue weighted by Crippen LogP contribution is 2.17. The van der Waals surface area contributed by atoms with E-state index < -0.39 is 23.6 Å². The Kier molecular flexibility index (Phi) is 5.01. The molecule has 0 aliphatic rings. The average molecular weight is 285 g/mol. The van der Waals surface area contributed by atoms with E-state index in [0.717, 1.165) is 6.07 Å². The Balaban J connectivity index is 2.87. The van der Waals surface area contributed by atoms with Crippen LogP contribution in [0.2, 0.25) is 0 Å². The highest BCUT2D eigenvalue weighted by atomic mass is 19.2. The first kappa shape index (κ1) is 15.9. The Morgan fingerprint density at radius 2 is 1.90 bits per heavy atom. The molecule has 0 aromatic heterocycles. The molecule has 0 heterocycles. The number of nitrogens with zero attached hydrogens (tertiary/aromatic N) is 1. The van der Waals surface area contributed by atoms with Gasteiger partial charge in [-0.1, -0.05) is 0 Å². The van der Waals surface area contributed by atoms with Crippen LogP contribution in [0, 0.1) is 11.6 Å². The summed E-state index contributed by atoms with van der Waals surface area (Å²) < 4.78 is 26.0. The standard InChI is InChI=1S/C13H17F2N3O2/c1-4-18(3)13(20)7(2)17-12(19)8-5-9(14)10(15)6-11(8)16/h5-7H,4,16H2,1-3H3,(H,17,19). The van der Waals surface area contributed by atoms with Gasteiger partial charge in [0.15, 0.2) is 11.6 Å². The lowest BCUT2D eigenvalue weighted by Crippen LogP contribution is -2.45. The molecule has 0 aliphatic heterocycles. The van der Waals surface area contributed by atoms with Crippen molar-refractivity contribution in [1.29, 1.82) is 0 Å². The van der Waals surface area contributed by atoms with Crippen molar-refractivity contribution < 1.29 is 18.4 Å². The van der Waals surface area contributed by atoms with Gasteiger partial charge in [-0.2, -0.15) is 0 Å². The maximum absolute atomic E-state index is 13.1. The lowest BCUT2D eigenvalue weighted by atomic mass is 10.1. The van der Waals surface area contributed by atoms with Crippen molar-refractivity contribution in [3.8, 4) is 0 Å². The predicted octanol–water partition coefficient (Wildman–Crippen LogP) is 1.14. The Morgan fingerprint density at radius 1 is 1.35 bits per heavy atom. The van der Waals surface area contributed by atoms with E-state index in [-0.39, 0.29) is 17.2 Å². The number of anilines is 1. The number of carbonyl (C=O) groups is 2. The minimum absolute atomic E-state index is 0.190. The summed E-state index contributed by atoms with van der Waals surface area (Å²) in [7, 11) is 1.59. The van der Waals surface area contributed by atoms with Crippen LogP contribution in [0.4, 0.5) is 14.5 Å². The first-order chi connectivity index (χ1) is 9.27. The third-order valence-corrected chi connectivity index (χ3v) is 2.91. The van der Waals surface area contributed by atoms with Crippen LogP contribution in [-0.2, 0) is 4.79 Å². The summed E-state index contributed by atoms with van der Waals surface area (Å²) in [5.74, 6) is -3.32.